The lowest BCUT2D eigenvalue weighted by Crippen LogP contribution is -2.47. The fourth-order valence-corrected chi connectivity index (χ4v) is 2.99. The molecule has 0 bridgehead atoms. The van der Waals surface area contributed by atoms with Crippen molar-refractivity contribution in [3.63, 3.8) is 0 Å². The largest absolute Gasteiger partial charge is 0.383 e. The first-order chi connectivity index (χ1) is 8.95. The summed E-state index contributed by atoms with van der Waals surface area (Å²) in [6.45, 7) is 8.48. The van der Waals surface area contributed by atoms with E-state index in [1.54, 1.807) is 7.11 Å². The van der Waals surface area contributed by atoms with Gasteiger partial charge in [-0.05, 0) is 24.2 Å². The van der Waals surface area contributed by atoms with Crippen LogP contribution in [0.4, 0.5) is 0 Å². The Kier molecular flexibility index (Phi) is 6.80. The van der Waals surface area contributed by atoms with Crippen LogP contribution in [0.3, 0.4) is 0 Å². The molecule has 1 saturated carbocycles. The Morgan fingerprint density at radius 3 is 2.58 bits per heavy atom. The van der Waals surface area contributed by atoms with Gasteiger partial charge in [0.05, 0.1) is 13.2 Å². The smallest absolute Gasteiger partial charge is 0.234 e. The van der Waals surface area contributed by atoms with Crippen LogP contribution in [0, 0.1) is 11.3 Å². The zero-order valence-corrected chi connectivity index (χ0v) is 12.9. The third kappa shape index (κ3) is 5.91. The molecule has 0 aromatic carbocycles. The van der Waals surface area contributed by atoms with E-state index < -0.39 is 0 Å². The first-order valence-electron chi connectivity index (χ1n) is 7.44. The summed E-state index contributed by atoms with van der Waals surface area (Å²) in [7, 11) is 1.64. The molecule has 112 valence electrons. The summed E-state index contributed by atoms with van der Waals surface area (Å²) in [5.41, 5.74) is 0.310. The fourth-order valence-electron chi connectivity index (χ4n) is 2.99. The molecule has 2 N–H and O–H groups in total. The van der Waals surface area contributed by atoms with Crippen molar-refractivity contribution in [1.29, 1.82) is 0 Å². The average molecular weight is 270 g/mol. The van der Waals surface area contributed by atoms with Crippen LogP contribution >= 0.6 is 0 Å². The van der Waals surface area contributed by atoms with Crippen molar-refractivity contribution in [3.8, 4) is 0 Å². The van der Waals surface area contributed by atoms with Gasteiger partial charge < -0.3 is 15.4 Å². The maximum Gasteiger partial charge on any atom is 0.234 e. The molecule has 1 aliphatic rings. The number of carbonyl (C=O) groups excluding carboxylic acids is 1. The number of amides is 1. The van der Waals surface area contributed by atoms with Crippen LogP contribution in [0.5, 0.6) is 0 Å². The van der Waals surface area contributed by atoms with Crippen molar-refractivity contribution >= 4 is 5.91 Å². The van der Waals surface area contributed by atoms with Gasteiger partial charge in [0.25, 0.3) is 0 Å². The van der Waals surface area contributed by atoms with Crippen LogP contribution in [0.2, 0.25) is 0 Å². The second kappa shape index (κ2) is 7.85. The molecule has 1 fully saturated rings. The molecule has 1 aliphatic carbocycles. The van der Waals surface area contributed by atoms with Crippen LogP contribution < -0.4 is 10.6 Å². The third-order valence-corrected chi connectivity index (χ3v) is 4.03. The van der Waals surface area contributed by atoms with Crippen LogP contribution in [-0.4, -0.2) is 38.8 Å². The lowest BCUT2D eigenvalue weighted by Gasteiger charge is -2.40. The van der Waals surface area contributed by atoms with E-state index in [0.717, 1.165) is 0 Å². The highest BCUT2D eigenvalue weighted by Crippen LogP contribution is 2.37. The van der Waals surface area contributed by atoms with Crippen LogP contribution in [0.15, 0.2) is 0 Å². The normalized spacial score (nSPS) is 24.2. The SMILES string of the molecule is COCCNC(=O)CNC1CCCCC1C(C)(C)C. The Morgan fingerprint density at radius 2 is 1.95 bits per heavy atom. The van der Waals surface area contributed by atoms with Crippen LogP contribution in [-0.2, 0) is 9.53 Å². The predicted molar refractivity (Wildman–Crippen MR) is 78.1 cm³/mol. The summed E-state index contributed by atoms with van der Waals surface area (Å²) < 4.78 is 4.91. The molecule has 0 aliphatic heterocycles. The van der Waals surface area contributed by atoms with E-state index in [4.69, 9.17) is 4.74 Å². The van der Waals surface area contributed by atoms with Gasteiger partial charge in [-0.25, -0.2) is 0 Å². The van der Waals surface area contributed by atoms with E-state index in [0.29, 0.717) is 37.1 Å². The first-order valence-corrected chi connectivity index (χ1v) is 7.44. The lowest BCUT2D eigenvalue weighted by molar-refractivity contribution is -0.120. The predicted octanol–water partition coefficient (Wildman–Crippen LogP) is 1.94. The van der Waals surface area contributed by atoms with Gasteiger partial charge in [0, 0.05) is 19.7 Å². The minimum atomic E-state index is 0.0651. The Hall–Kier alpha value is -0.610. The molecule has 0 heterocycles. The molecule has 0 spiro atoms. The molecule has 0 saturated heterocycles. The molecule has 4 heteroatoms. The topological polar surface area (TPSA) is 50.4 Å². The van der Waals surface area contributed by atoms with Gasteiger partial charge in [0.15, 0.2) is 0 Å². The van der Waals surface area contributed by atoms with Gasteiger partial charge in [-0.3, -0.25) is 4.79 Å². The van der Waals surface area contributed by atoms with Crippen molar-refractivity contribution in [1.82, 2.24) is 10.6 Å². The minimum Gasteiger partial charge on any atom is -0.383 e. The van der Waals surface area contributed by atoms with Crippen molar-refractivity contribution in [3.05, 3.63) is 0 Å². The second-order valence-electron chi connectivity index (χ2n) is 6.59. The molecule has 2 atom stereocenters. The average Bonchev–Trinajstić information content (AvgIpc) is 2.36. The summed E-state index contributed by atoms with van der Waals surface area (Å²) in [6.07, 6.45) is 5.05. The Bertz CT molecular complexity index is 274. The van der Waals surface area contributed by atoms with Gasteiger partial charge in [-0.2, -0.15) is 0 Å². The van der Waals surface area contributed by atoms with Crippen molar-refractivity contribution in [2.24, 2.45) is 11.3 Å². The van der Waals surface area contributed by atoms with Gasteiger partial charge in [-0.15, -0.1) is 0 Å². The highest BCUT2D eigenvalue weighted by molar-refractivity contribution is 5.77. The maximum atomic E-state index is 11.7. The Labute approximate surface area is 117 Å². The van der Waals surface area contributed by atoms with E-state index in [9.17, 15) is 4.79 Å². The van der Waals surface area contributed by atoms with Crippen molar-refractivity contribution in [2.45, 2.75) is 52.5 Å². The standard InChI is InChI=1S/C15H30N2O2/c1-15(2,3)12-7-5-6-8-13(12)17-11-14(18)16-9-10-19-4/h12-13,17H,5-11H2,1-4H3,(H,16,18). The van der Waals surface area contributed by atoms with Gasteiger partial charge in [0.1, 0.15) is 0 Å². The Morgan fingerprint density at radius 1 is 1.26 bits per heavy atom. The zero-order chi connectivity index (χ0) is 14.3. The zero-order valence-electron chi connectivity index (χ0n) is 12.9. The lowest BCUT2D eigenvalue weighted by atomic mass is 9.69. The van der Waals surface area contributed by atoms with Crippen molar-refractivity contribution < 1.29 is 9.53 Å². The molecular formula is C15H30N2O2. The fraction of sp³-hybridized carbons (Fsp3) is 0.933. The molecule has 1 rings (SSSR count). The number of rotatable bonds is 6. The first kappa shape index (κ1) is 16.4. The second-order valence-corrected chi connectivity index (χ2v) is 6.59. The monoisotopic (exact) mass is 270 g/mol. The Balaban J connectivity index is 2.35. The van der Waals surface area contributed by atoms with Gasteiger partial charge in [0.2, 0.25) is 5.91 Å². The van der Waals surface area contributed by atoms with E-state index >= 15 is 0 Å². The molecule has 1 amide bonds. The maximum absolute atomic E-state index is 11.7. The van der Waals surface area contributed by atoms with Crippen molar-refractivity contribution in [2.75, 3.05) is 26.8 Å². The van der Waals surface area contributed by atoms with E-state index in [1.807, 2.05) is 0 Å². The van der Waals surface area contributed by atoms with Crippen LogP contribution in [0.1, 0.15) is 46.5 Å². The summed E-state index contributed by atoms with van der Waals surface area (Å²) >= 11 is 0. The van der Waals surface area contributed by atoms with E-state index in [1.165, 1.54) is 25.7 Å². The number of hydrogen-bond acceptors (Lipinski definition) is 3. The number of nitrogens with one attached hydrogen (secondary N) is 2. The minimum absolute atomic E-state index is 0.0651. The molecule has 0 aromatic heterocycles. The quantitative estimate of drug-likeness (QED) is 0.725. The molecule has 4 nitrogen and oxygen atoms in total. The van der Waals surface area contributed by atoms with Crippen LogP contribution in [0.25, 0.3) is 0 Å². The number of carbonyl (C=O) groups is 1. The summed E-state index contributed by atoms with van der Waals surface area (Å²) in [5, 5.41) is 6.30. The summed E-state index contributed by atoms with van der Waals surface area (Å²) in [5.74, 6) is 0.725. The highest BCUT2D eigenvalue weighted by atomic mass is 16.5. The molecule has 0 aromatic rings. The third-order valence-electron chi connectivity index (χ3n) is 4.03. The highest BCUT2D eigenvalue weighted by Gasteiger charge is 2.33. The summed E-state index contributed by atoms with van der Waals surface area (Å²) in [6, 6.07) is 0.474. The number of ether oxygens (including phenoxy) is 1. The molecule has 19 heavy (non-hydrogen) atoms. The molecule has 0 radical (unpaired) electrons. The van der Waals surface area contributed by atoms with Gasteiger partial charge >= 0.3 is 0 Å². The molecule has 2 unspecified atom stereocenters. The molecular weight excluding hydrogens is 240 g/mol. The summed E-state index contributed by atoms with van der Waals surface area (Å²) in [4.78, 5) is 11.7. The van der Waals surface area contributed by atoms with E-state index in [2.05, 4.69) is 31.4 Å². The number of hydrogen-bond donors (Lipinski definition) is 2. The van der Waals surface area contributed by atoms with E-state index in [-0.39, 0.29) is 5.91 Å². The van der Waals surface area contributed by atoms with Gasteiger partial charge in [-0.1, -0.05) is 33.6 Å². The number of methoxy groups -OCH3 is 1.